The maximum absolute atomic E-state index is 13.5. The van der Waals surface area contributed by atoms with E-state index in [0.717, 1.165) is 5.56 Å². The number of hydrogen-bond acceptors (Lipinski definition) is 6. The molecule has 0 aliphatic carbocycles. The number of thiocarbonyl (C=S) groups is 1. The molecule has 0 bridgehead atoms. The van der Waals surface area contributed by atoms with Crippen LogP contribution >= 0.6 is 12.2 Å². The lowest BCUT2D eigenvalue weighted by Crippen LogP contribution is -2.49. The molecule has 222 valence electrons. The largest absolute Gasteiger partial charge is 0.497 e. The van der Waals surface area contributed by atoms with E-state index in [9.17, 15) is 13.2 Å². The Bertz CT molecular complexity index is 1580. The normalized spacial score (nSPS) is 14.3. The topological polar surface area (TPSA) is 91.0 Å². The summed E-state index contributed by atoms with van der Waals surface area (Å²) < 4.78 is 33.7. The van der Waals surface area contributed by atoms with Gasteiger partial charge in [0, 0.05) is 31.9 Å². The highest BCUT2D eigenvalue weighted by Crippen LogP contribution is 2.30. The first-order valence-electron chi connectivity index (χ1n) is 14.0. The summed E-state index contributed by atoms with van der Waals surface area (Å²) in [7, 11) is -2.09. The van der Waals surface area contributed by atoms with E-state index in [2.05, 4.69) is 39.8 Å². The van der Waals surface area contributed by atoms with Gasteiger partial charge in [0.05, 0.1) is 24.5 Å². The molecule has 8 nitrogen and oxygen atoms in total. The smallest absolute Gasteiger partial charge is 0.243 e. The van der Waals surface area contributed by atoms with Crippen LogP contribution in [-0.4, -0.2) is 61.9 Å². The van der Waals surface area contributed by atoms with Crippen molar-refractivity contribution < 1.29 is 17.9 Å². The molecular formula is C33H34N4O4S2. The summed E-state index contributed by atoms with van der Waals surface area (Å²) in [6.45, 7) is 2.00. The number of ether oxygens (including phenoxy) is 1. The molecule has 0 radical (unpaired) electrons. The Kier molecular flexibility index (Phi) is 9.83. The summed E-state index contributed by atoms with van der Waals surface area (Å²) in [6, 6.07) is 34.3. The molecule has 0 atom stereocenters. The summed E-state index contributed by atoms with van der Waals surface area (Å²) in [5.74, 6) is 0.455. The standard InChI is InChI=1S/C33H34N4O4S2/c1-41-29-16-12-25(13-17-29)24-31(38)35-33(42)34-28-14-18-30(19-15-28)43(39,40)37-22-20-36(21-23-37)32(26-8-4-2-5-9-26)27-10-6-3-7-11-27/h2-19,32H,20-24H2,1H3,(H2,34,35,38,42). The van der Waals surface area contributed by atoms with Crippen molar-refractivity contribution in [2.45, 2.75) is 17.4 Å². The zero-order chi connectivity index (χ0) is 30.2. The average molecular weight is 615 g/mol. The second kappa shape index (κ2) is 13.9. The van der Waals surface area contributed by atoms with Crippen molar-refractivity contribution >= 4 is 38.9 Å². The maximum Gasteiger partial charge on any atom is 0.243 e. The van der Waals surface area contributed by atoms with Gasteiger partial charge >= 0.3 is 0 Å². The van der Waals surface area contributed by atoms with E-state index in [1.807, 2.05) is 48.5 Å². The number of methoxy groups -OCH3 is 1. The van der Waals surface area contributed by atoms with Gasteiger partial charge in [-0.2, -0.15) is 4.31 Å². The number of amides is 1. The van der Waals surface area contributed by atoms with Crippen molar-refractivity contribution in [3.8, 4) is 5.75 Å². The van der Waals surface area contributed by atoms with Crippen molar-refractivity contribution in [1.29, 1.82) is 0 Å². The minimum Gasteiger partial charge on any atom is -0.497 e. The number of nitrogens with one attached hydrogen (secondary N) is 2. The highest BCUT2D eigenvalue weighted by Gasteiger charge is 2.32. The molecule has 2 N–H and O–H groups in total. The monoisotopic (exact) mass is 614 g/mol. The van der Waals surface area contributed by atoms with E-state index in [4.69, 9.17) is 17.0 Å². The minimum absolute atomic E-state index is 0.0538. The van der Waals surface area contributed by atoms with Gasteiger partial charge in [0.1, 0.15) is 5.75 Å². The molecule has 1 heterocycles. The fourth-order valence-electron chi connectivity index (χ4n) is 5.21. The summed E-state index contributed by atoms with van der Waals surface area (Å²) >= 11 is 5.29. The van der Waals surface area contributed by atoms with Gasteiger partial charge in [0.15, 0.2) is 5.11 Å². The molecular weight excluding hydrogens is 581 g/mol. The van der Waals surface area contributed by atoms with E-state index < -0.39 is 10.0 Å². The van der Waals surface area contributed by atoms with Crippen LogP contribution in [-0.2, 0) is 21.2 Å². The first-order chi connectivity index (χ1) is 20.8. The Morgan fingerprint density at radius 3 is 1.91 bits per heavy atom. The fraction of sp³-hybridized carbons (Fsp3) is 0.212. The first kappa shape index (κ1) is 30.4. The molecule has 0 saturated carbocycles. The van der Waals surface area contributed by atoms with Crippen LogP contribution in [0.15, 0.2) is 114 Å². The third kappa shape index (κ3) is 7.66. The lowest BCUT2D eigenvalue weighted by Gasteiger charge is -2.39. The molecule has 0 unspecified atom stereocenters. The van der Waals surface area contributed by atoms with E-state index in [1.165, 1.54) is 11.1 Å². The molecule has 1 amide bonds. The zero-order valence-corrected chi connectivity index (χ0v) is 25.5. The van der Waals surface area contributed by atoms with Gasteiger partial charge in [0.25, 0.3) is 0 Å². The van der Waals surface area contributed by atoms with Crippen molar-refractivity contribution in [3.63, 3.8) is 0 Å². The molecule has 1 aliphatic rings. The number of rotatable bonds is 9. The summed E-state index contributed by atoms with van der Waals surface area (Å²) in [6.07, 6.45) is 0.160. The van der Waals surface area contributed by atoms with Crippen LogP contribution in [0.4, 0.5) is 5.69 Å². The van der Waals surface area contributed by atoms with Gasteiger partial charge in [-0.3, -0.25) is 9.69 Å². The Labute approximate surface area is 258 Å². The Morgan fingerprint density at radius 2 is 1.37 bits per heavy atom. The molecule has 1 saturated heterocycles. The Morgan fingerprint density at radius 1 is 0.814 bits per heavy atom. The van der Waals surface area contributed by atoms with Crippen LogP contribution in [0.5, 0.6) is 5.75 Å². The molecule has 4 aromatic carbocycles. The van der Waals surface area contributed by atoms with Crippen molar-refractivity contribution in [1.82, 2.24) is 14.5 Å². The predicted octanol–water partition coefficient (Wildman–Crippen LogP) is 4.85. The SMILES string of the molecule is COc1ccc(CC(=O)NC(=S)Nc2ccc(S(=O)(=O)N3CCN(C(c4ccccc4)c4ccccc4)CC3)cc2)cc1. The fourth-order valence-corrected chi connectivity index (χ4v) is 6.86. The second-order valence-corrected chi connectivity index (χ2v) is 12.6. The number of benzene rings is 4. The highest BCUT2D eigenvalue weighted by molar-refractivity contribution is 7.89. The molecule has 1 fully saturated rings. The number of piperazine rings is 1. The van der Waals surface area contributed by atoms with E-state index in [0.29, 0.717) is 37.6 Å². The molecule has 0 spiro atoms. The lowest BCUT2D eigenvalue weighted by atomic mass is 9.96. The van der Waals surface area contributed by atoms with Crippen LogP contribution < -0.4 is 15.4 Å². The predicted molar refractivity (Wildman–Crippen MR) is 173 cm³/mol. The average Bonchev–Trinajstić information content (AvgIpc) is 3.03. The number of hydrogen-bond donors (Lipinski definition) is 2. The Balaban J connectivity index is 1.17. The zero-order valence-electron chi connectivity index (χ0n) is 23.8. The van der Waals surface area contributed by atoms with Crippen LogP contribution in [0.3, 0.4) is 0 Å². The molecule has 43 heavy (non-hydrogen) atoms. The number of carbonyl (C=O) groups excluding carboxylic acids is 1. The summed E-state index contributed by atoms with van der Waals surface area (Å²) in [5.41, 5.74) is 3.77. The summed E-state index contributed by atoms with van der Waals surface area (Å²) in [4.78, 5) is 14.9. The molecule has 0 aromatic heterocycles. The molecule has 10 heteroatoms. The van der Waals surface area contributed by atoms with E-state index >= 15 is 0 Å². The lowest BCUT2D eigenvalue weighted by molar-refractivity contribution is -0.119. The van der Waals surface area contributed by atoms with Crippen molar-refractivity contribution in [3.05, 3.63) is 126 Å². The number of sulfonamides is 1. The molecule has 4 aromatic rings. The van der Waals surface area contributed by atoms with Gasteiger partial charge in [0.2, 0.25) is 15.9 Å². The van der Waals surface area contributed by atoms with Gasteiger partial charge in [-0.15, -0.1) is 0 Å². The first-order valence-corrected chi connectivity index (χ1v) is 15.9. The van der Waals surface area contributed by atoms with Crippen molar-refractivity contribution in [2.75, 3.05) is 38.6 Å². The third-order valence-electron chi connectivity index (χ3n) is 7.40. The maximum atomic E-state index is 13.5. The van der Waals surface area contributed by atoms with Crippen LogP contribution in [0.25, 0.3) is 0 Å². The van der Waals surface area contributed by atoms with Crippen molar-refractivity contribution in [2.24, 2.45) is 0 Å². The van der Waals surface area contributed by atoms with Crippen LogP contribution in [0, 0.1) is 0 Å². The van der Waals surface area contributed by atoms with Crippen LogP contribution in [0.1, 0.15) is 22.7 Å². The number of carbonyl (C=O) groups is 1. The molecule has 5 rings (SSSR count). The third-order valence-corrected chi connectivity index (χ3v) is 9.51. The van der Waals surface area contributed by atoms with Gasteiger partial charge in [-0.25, -0.2) is 8.42 Å². The van der Waals surface area contributed by atoms with Gasteiger partial charge in [-0.1, -0.05) is 72.8 Å². The number of nitrogens with zero attached hydrogens (tertiary/aromatic N) is 2. The van der Waals surface area contributed by atoms with E-state index in [1.54, 1.807) is 47.8 Å². The van der Waals surface area contributed by atoms with E-state index in [-0.39, 0.29) is 28.4 Å². The summed E-state index contributed by atoms with van der Waals surface area (Å²) in [5, 5.41) is 5.74. The van der Waals surface area contributed by atoms with Crippen LogP contribution in [0.2, 0.25) is 0 Å². The minimum atomic E-state index is -3.68. The highest BCUT2D eigenvalue weighted by atomic mass is 32.2. The number of anilines is 1. The van der Waals surface area contributed by atoms with Gasteiger partial charge in [-0.05, 0) is 65.3 Å². The second-order valence-electron chi connectivity index (χ2n) is 10.2. The van der Waals surface area contributed by atoms with Gasteiger partial charge < -0.3 is 15.4 Å². The Hall–Kier alpha value is -4.09. The molecule has 1 aliphatic heterocycles. The quantitative estimate of drug-likeness (QED) is 0.261.